The van der Waals surface area contributed by atoms with Crippen molar-refractivity contribution < 1.29 is 19.4 Å². The van der Waals surface area contributed by atoms with Crippen LogP contribution in [0.15, 0.2) is 47.4 Å². The summed E-state index contributed by atoms with van der Waals surface area (Å²) in [7, 11) is 5.52. The van der Waals surface area contributed by atoms with Gasteiger partial charge in [-0.25, -0.2) is 14.5 Å². The third-order valence-corrected chi connectivity index (χ3v) is 7.72. The zero-order chi connectivity index (χ0) is 31.9. The SMILES string of the molecule is COc1ccc(Cn2nnnc2C=Cc2c(N3CCCC(CC(=O)NCCN(C)C)C3)nc3cc(C(=O)O)ccn3c2=O)cc1. The minimum Gasteiger partial charge on any atom is -0.497 e. The van der Waals surface area contributed by atoms with Crippen molar-refractivity contribution in [2.75, 3.05) is 52.3 Å². The van der Waals surface area contributed by atoms with Gasteiger partial charge in [0, 0.05) is 38.8 Å². The highest BCUT2D eigenvalue weighted by atomic mass is 16.5. The van der Waals surface area contributed by atoms with Crippen LogP contribution in [0.4, 0.5) is 5.82 Å². The van der Waals surface area contributed by atoms with Gasteiger partial charge >= 0.3 is 5.97 Å². The van der Waals surface area contributed by atoms with Gasteiger partial charge in [-0.1, -0.05) is 12.1 Å². The van der Waals surface area contributed by atoms with Gasteiger partial charge in [0.05, 0.1) is 24.8 Å². The van der Waals surface area contributed by atoms with Crippen molar-refractivity contribution in [1.82, 2.24) is 39.8 Å². The number of nitrogens with one attached hydrogen (secondary N) is 1. The lowest BCUT2D eigenvalue weighted by molar-refractivity contribution is -0.122. The standard InChI is InChI=1S/C31H37N9O5/c1-37(2)16-13-32-28(41)17-22-5-4-14-38(19-22)29-25(30(42)39-15-12-23(31(43)44)18-27(39)33-29)10-11-26-34-35-36-40(26)20-21-6-8-24(45-3)9-7-21/h6-12,15,18,22H,4-5,13-14,16-17,19-20H2,1-3H3,(H,32,41)(H,43,44). The Labute approximate surface area is 259 Å². The lowest BCUT2D eigenvalue weighted by atomic mass is 9.94. The van der Waals surface area contributed by atoms with Crippen LogP contribution in [0.3, 0.4) is 0 Å². The van der Waals surface area contributed by atoms with Crippen molar-refractivity contribution in [1.29, 1.82) is 0 Å². The molecule has 4 aromatic rings. The lowest BCUT2D eigenvalue weighted by Gasteiger charge is -2.34. The summed E-state index contributed by atoms with van der Waals surface area (Å²) < 4.78 is 8.18. The Morgan fingerprint density at radius 1 is 1.18 bits per heavy atom. The Kier molecular flexibility index (Phi) is 9.82. The van der Waals surface area contributed by atoms with E-state index in [-0.39, 0.29) is 28.6 Å². The van der Waals surface area contributed by atoms with E-state index in [2.05, 4.69) is 20.8 Å². The highest BCUT2D eigenvalue weighted by molar-refractivity contribution is 5.89. The number of aromatic carboxylic acids is 1. The molecule has 0 aliphatic carbocycles. The van der Waals surface area contributed by atoms with Crippen molar-refractivity contribution in [2.45, 2.75) is 25.8 Å². The second-order valence-corrected chi connectivity index (χ2v) is 11.3. The molecule has 5 rings (SSSR count). The molecule has 14 nitrogen and oxygen atoms in total. The number of carbonyl (C=O) groups excluding carboxylic acids is 1. The van der Waals surface area contributed by atoms with Gasteiger partial charge in [0.2, 0.25) is 5.91 Å². The topological polar surface area (TPSA) is 160 Å². The molecule has 2 N–H and O–H groups in total. The first-order chi connectivity index (χ1) is 21.7. The fraction of sp³-hybridized carbons (Fsp3) is 0.387. The van der Waals surface area contributed by atoms with Crippen LogP contribution >= 0.6 is 0 Å². The zero-order valence-electron chi connectivity index (χ0n) is 25.6. The molecule has 14 heteroatoms. The number of benzene rings is 1. The highest BCUT2D eigenvalue weighted by Gasteiger charge is 2.26. The molecule has 0 spiro atoms. The van der Waals surface area contributed by atoms with Crippen molar-refractivity contribution in [3.05, 3.63) is 75.5 Å². The number of amides is 1. The second kappa shape index (κ2) is 14.1. The number of carbonyl (C=O) groups is 2. The fourth-order valence-electron chi connectivity index (χ4n) is 5.34. The van der Waals surface area contributed by atoms with E-state index >= 15 is 0 Å². The average molecular weight is 616 g/mol. The maximum absolute atomic E-state index is 13.9. The molecule has 0 saturated carbocycles. The summed E-state index contributed by atoms with van der Waals surface area (Å²) in [4.78, 5) is 47.0. The van der Waals surface area contributed by atoms with Crippen LogP contribution in [-0.2, 0) is 11.3 Å². The number of fused-ring (bicyclic) bond motifs is 1. The summed E-state index contributed by atoms with van der Waals surface area (Å²) in [6.45, 7) is 2.89. The average Bonchev–Trinajstić information content (AvgIpc) is 3.47. The van der Waals surface area contributed by atoms with Crippen LogP contribution in [0.5, 0.6) is 5.75 Å². The number of pyridine rings is 1. The Bertz CT molecular complexity index is 1750. The van der Waals surface area contributed by atoms with E-state index in [1.807, 2.05) is 48.2 Å². The molecule has 1 atom stereocenters. The van der Waals surface area contributed by atoms with Crippen molar-refractivity contribution in [2.24, 2.45) is 5.92 Å². The third kappa shape index (κ3) is 7.70. The van der Waals surface area contributed by atoms with Gasteiger partial charge in [-0.15, -0.1) is 5.10 Å². The number of carboxylic acid groups (broad SMARTS) is 1. The van der Waals surface area contributed by atoms with Gasteiger partial charge in [0.1, 0.15) is 17.2 Å². The van der Waals surface area contributed by atoms with E-state index in [4.69, 9.17) is 9.72 Å². The summed E-state index contributed by atoms with van der Waals surface area (Å²) >= 11 is 0. The van der Waals surface area contributed by atoms with Crippen LogP contribution in [-0.4, -0.2) is 98.9 Å². The first-order valence-electron chi connectivity index (χ1n) is 14.7. The minimum atomic E-state index is -1.11. The fourth-order valence-corrected chi connectivity index (χ4v) is 5.34. The summed E-state index contributed by atoms with van der Waals surface area (Å²) in [5.41, 5.74) is 1.16. The van der Waals surface area contributed by atoms with E-state index in [9.17, 15) is 19.5 Å². The third-order valence-electron chi connectivity index (χ3n) is 7.72. The molecular weight excluding hydrogens is 578 g/mol. The molecule has 1 saturated heterocycles. The van der Waals surface area contributed by atoms with Crippen molar-refractivity contribution in [3.63, 3.8) is 0 Å². The molecule has 1 unspecified atom stereocenters. The van der Waals surface area contributed by atoms with E-state index in [0.29, 0.717) is 49.8 Å². The molecule has 4 heterocycles. The van der Waals surface area contributed by atoms with Crippen LogP contribution in [0.25, 0.3) is 17.8 Å². The maximum atomic E-state index is 13.9. The number of methoxy groups -OCH3 is 1. The van der Waals surface area contributed by atoms with Crippen LogP contribution in [0, 0.1) is 5.92 Å². The summed E-state index contributed by atoms with van der Waals surface area (Å²) in [6.07, 6.45) is 6.79. The molecule has 0 radical (unpaired) electrons. The molecule has 236 valence electrons. The minimum absolute atomic E-state index is 0.00912. The number of carboxylic acids is 1. The molecule has 1 aliphatic rings. The number of anilines is 1. The van der Waals surface area contributed by atoms with E-state index in [0.717, 1.165) is 30.7 Å². The quantitative estimate of drug-likeness (QED) is 0.240. The van der Waals surface area contributed by atoms with E-state index < -0.39 is 5.97 Å². The first kappa shape index (κ1) is 31.3. The Balaban J connectivity index is 1.45. The Hall–Kier alpha value is -5.11. The molecule has 1 amide bonds. The molecular formula is C31H37N9O5. The number of piperidine rings is 1. The summed E-state index contributed by atoms with van der Waals surface area (Å²) in [5.74, 6) is 0.550. The highest BCUT2D eigenvalue weighted by Crippen LogP contribution is 2.27. The lowest BCUT2D eigenvalue weighted by Crippen LogP contribution is -2.40. The number of hydrogen-bond acceptors (Lipinski definition) is 10. The number of aromatic nitrogens is 6. The number of nitrogens with zero attached hydrogens (tertiary/aromatic N) is 8. The predicted molar refractivity (Wildman–Crippen MR) is 168 cm³/mol. The Morgan fingerprint density at radius 3 is 2.71 bits per heavy atom. The number of ether oxygens (including phenoxy) is 1. The van der Waals surface area contributed by atoms with Crippen LogP contribution in [0.1, 0.15) is 46.6 Å². The largest absolute Gasteiger partial charge is 0.497 e. The number of rotatable bonds is 12. The summed E-state index contributed by atoms with van der Waals surface area (Å²) in [6, 6.07) is 10.3. The monoisotopic (exact) mass is 615 g/mol. The number of tetrazole rings is 1. The predicted octanol–water partition coefficient (Wildman–Crippen LogP) is 1.89. The summed E-state index contributed by atoms with van der Waals surface area (Å²) in [5, 5.41) is 24.6. The molecule has 3 aromatic heterocycles. The van der Waals surface area contributed by atoms with Crippen molar-refractivity contribution in [3.8, 4) is 5.75 Å². The van der Waals surface area contributed by atoms with Gasteiger partial charge < -0.3 is 25.0 Å². The normalized spacial score (nSPS) is 15.2. The van der Waals surface area contributed by atoms with Gasteiger partial charge in [0.15, 0.2) is 5.82 Å². The maximum Gasteiger partial charge on any atom is 0.335 e. The molecule has 1 aromatic carbocycles. The van der Waals surface area contributed by atoms with Crippen LogP contribution in [0.2, 0.25) is 0 Å². The number of likely N-dealkylation sites (N-methyl/N-ethyl adjacent to an activating group) is 1. The van der Waals surface area contributed by atoms with Crippen molar-refractivity contribution >= 4 is 35.5 Å². The Morgan fingerprint density at radius 2 is 1.98 bits per heavy atom. The van der Waals surface area contributed by atoms with Gasteiger partial charge in [-0.3, -0.25) is 14.0 Å². The van der Waals surface area contributed by atoms with E-state index in [1.54, 1.807) is 23.9 Å². The second-order valence-electron chi connectivity index (χ2n) is 11.3. The van der Waals surface area contributed by atoms with E-state index in [1.165, 1.54) is 22.7 Å². The first-order valence-corrected chi connectivity index (χ1v) is 14.7. The van der Waals surface area contributed by atoms with Gasteiger partial charge in [0.25, 0.3) is 5.56 Å². The molecule has 1 fully saturated rings. The molecule has 45 heavy (non-hydrogen) atoms. The van der Waals surface area contributed by atoms with Gasteiger partial charge in [-0.05, 0) is 85.3 Å². The molecule has 1 aliphatic heterocycles. The molecule has 0 bridgehead atoms. The van der Waals surface area contributed by atoms with Crippen LogP contribution < -0.4 is 20.5 Å². The van der Waals surface area contributed by atoms with Gasteiger partial charge in [-0.2, -0.15) is 0 Å². The number of hydrogen-bond donors (Lipinski definition) is 2. The smallest absolute Gasteiger partial charge is 0.335 e. The zero-order valence-corrected chi connectivity index (χ0v) is 25.6.